The highest BCUT2D eigenvalue weighted by Crippen LogP contribution is 2.42. The Morgan fingerprint density at radius 2 is 1.87 bits per heavy atom. The van der Waals surface area contributed by atoms with E-state index in [0.29, 0.717) is 53.9 Å². The van der Waals surface area contributed by atoms with E-state index in [1.807, 2.05) is 25.1 Å². The number of anilines is 1. The topological polar surface area (TPSA) is 86.6 Å². The quantitative estimate of drug-likeness (QED) is 0.274. The minimum absolute atomic E-state index is 0.0527. The van der Waals surface area contributed by atoms with Crippen molar-refractivity contribution in [3.63, 3.8) is 0 Å². The smallest absolute Gasteiger partial charge is 0.319 e. The largest absolute Gasteiger partial charge is 0.508 e. The van der Waals surface area contributed by atoms with Crippen molar-refractivity contribution >= 4 is 27.5 Å². The summed E-state index contributed by atoms with van der Waals surface area (Å²) in [6.07, 6.45) is 4.91. The van der Waals surface area contributed by atoms with Gasteiger partial charge in [-0.1, -0.05) is 32.0 Å². The molecule has 4 atom stereocenters. The van der Waals surface area contributed by atoms with E-state index in [0.717, 1.165) is 68.1 Å². The maximum Gasteiger partial charge on any atom is 0.319 e. The minimum Gasteiger partial charge on any atom is -0.508 e. The predicted octanol–water partition coefficient (Wildman–Crippen LogP) is 5.71. The fourth-order valence-electron chi connectivity index (χ4n) is 8.52. The van der Waals surface area contributed by atoms with Crippen molar-refractivity contribution in [3.8, 4) is 23.0 Å². The highest BCUT2D eigenvalue weighted by molar-refractivity contribution is 6.02. The van der Waals surface area contributed by atoms with Gasteiger partial charge in [-0.25, -0.2) is 13.8 Å². The Hall–Kier alpha value is -3.63. The summed E-state index contributed by atoms with van der Waals surface area (Å²) in [5.41, 5.74) is 2.25. The summed E-state index contributed by atoms with van der Waals surface area (Å²) < 4.78 is 38.0. The van der Waals surface area contributed by atoms with Gasteiger partial charge >= 0.3 is 6.01 Å². The number of phenols is 1. The fraction of sp³-hybridized carbons (Fsp3) is 0.514. The molecule has 4 aliphatic rings. The molecular weight excluding hydrogens is 574 g/mol. The number of aromatic hydroxyl groups is 1. The second kappa shape index (κ2) is 11.0. The molecule has 8 rings (SSSR count). The maximum atomic E-state index is 17.1. The summed E-state index contributed by atoms with van der Waals surface area (Å²) in [6, 6.07) is 10.0. The monoisotopic (exact) mass is 614 g/mol. The third kappa shape index (κ3) is 4.79. The van der Waals surface area contributed by atoms with Gasteiger partial charge in [0.15, 0.2) is 5.82 Å². The lowest BCUT2D eigenvalue weighted by Crippen LogP contribution is -2.51. The molecule has 2 unspecified atom stereocenters. The van der Waals surface area contributed by atoms with Crippen LogP contribution in [0.1, 0.15) is 57.2 Å². The van der Waals surface area contributed by atoms with Crippen LogP contribution in [0.4, 0.5) is 14.6 Å². The molecule has 0 aliphatic carbocycles. The summed E-state index contributed by atoms with van der Waals surface area (Å²) in [7, 11) is 0. The number of alkyl halides is 1. The molecule has 0 radical (unpaired) electrons. The van der Waals surface area contributed by atoms with E-state index in [4.69, 9.17) is 19.7 Å². The number of phenolic OH excluding ortho intramolecular Hbond substituents is 1. The second-order valence-corrected chi connectivity index (χ2v) is 13.4. The van der Waals surface area contributed by atoms with Crippen LogP contribution in [0, 0.1) is 5.82 Å². The normalized spacial score (nSPS) is 26.3. The molecule has 4 fully saturated rings. The van der Waals surface area contributed by atoms with Gasteiger partial charge in [0, 0.05) is 43.7 Å². The van der Waals surface area contributed by atoms with Crippen LogP contribution < -0.4 is 15.0 Å². The van der Waals surface area contributed by atoms with Gasteiger partial charge in [-0.15, -0.1) is 0 Å². The van der Waals surface area contributed by atoms with E-state index < -0.39 is 12.0 Å². The molecule has 4 aliphatic heterocycles. The Bertz CT molecular complexity index is 1790. The van der Waals surface area contributed by atoms with Gasteiger partial charge in [0.25, 0.3) is 0 Å². The third-order valence-electron chi connectivity index (χ3n) is 10.6. The summed E-state index contributed by atoms with van der Waals surface area (Å²) in [6.45, 7) is 7.15. The van der Waals surface area contributed by atoms with Crippen molar-refractivity contribution in [2.24, 2.45) is 0 Å². The predicted molar refractivity (Wildman–Crippen MR) is 171 cm³/mol. The van der Waals surface area contributed by atoms with E-state index in [2.05, 4.69) is 22.0 Å². The molecule has 8 nitrogen and oxygen atoms in total. The first-order valence-electron chi connectivity index (χ1n) is 16.5. The zero-order valence-corrected chi connectivity index (χ0v) is 26.0. The van der Waals surface area contributed by atoms with E-state index in [1.54, 1.807) is 12.1 Å². The van der Waals surface area contributed by atoms with Crippen LogP contribution in [0.3, 0.4) is 0 Å². The molecule has 4 saturated heterocycles. The number of pyridine rings is 1. The first kappa shape index (κ1) is 28.8. The number of hydrogen-bond acceptors (Lipinski definition) is 8. The number of hydrogen-bond donors (Lipinski definition) is 2. The molecule has 45 heavy (non-hydrogen) atoms. The van der Waals surface area contributed by atoms with E-state index in [9.17, 15) is 9.50 Å². The van der Waals surface area contributed by atoms with Crippen LogP contribution in [-0.2, 0) is 12.8 Å². The molecule has 0 amide bonds. The summed E-state index contributed by atoms with van der Waals surface area (Å²) in [5, 5.41) is 16.7. The average molecular weight is 615 g/mol. The second-order valence-electron chi connectivity index (χ2n) is 13.4. The molecule has 2 aromatic heterocycles. The van der Waals surface area contributed by atoms with Gasteiger partial charge in [0.1, 0.15) is 35.6 Å². The van der Waals surface area contributed by atoms with Crippen molar-refractivity contribution in [3.05, 3.63) is 47.4 Å². The number of nitrogens with one attached hydrogen (secondary N) is 1. The maximum absolute atomic E-state index is 17.1. The average Bonchev–Trinajstić information content (AvgIpc) is 3.69. The molecule has 2 aromatic carbocycles. The Balaban J connectivity index is 1.31. The highest BCUT2D eigenvalue weighted by atomic mass is 19.1. The Labute approximate surface area is 261 Å². The lowest BCUT2D eigenvalue weighted by atomic mass is 9.94. The van der Waals surface area contributed by atoms with E-state index >= 15 is 4.39 Å². The summed E-state index contributed by atoms with van der Waals surface area (Å²) in [4.78, 5) is 19.1. The first-order valence-corrected chi connectivity index (χ1v) is 16.5. The van der Waals surface area contributed by atoms with Gasteiger partial charge in [-0.2, -0.15) is 9.97 Å². The van der Waals surface area contributed by atoms with Crippen LogP contribution >= 0.6 is 0 Å². The summed E-state index contributed by atoms with van der Waals surface area (Å²) >= 11 is 0. The molecular formula is C35H40F2N6O2. The number of aromatic nitrogens is 3. The van der Waals surface area contributed by atoms with Gasteiger partial charge in [0.2, 0.25) is 0 Å². The molecule has 10 heteroatoms. The SMILES string of the molecule is CCc1cccc2cc(O)cc(-c3nc(CC)c4c(N5CC6CCC(C5)N6)nc(OC[C@@]56CCCN5C[C@H](F)C6)nc4c3F)c12. The van der Waals surface area contributed by atoms with Gasteiger partial charge in [-0.3, -0.25) is 4.90 Å². The number of rotatable bonds is 7. The van der Waals surface area contributed by atoms with Crippen LogP contribution in [0.2, 0.25) is 0 Å². The number of nitrogens with zero attached hydrogens (tertiary/aromatic N) is 5. The fourth-order valence-corrected chi connectivity index (χ4v) is 8.52. The van der Waals surface area contributed by atoms with Crippen LogP contribution in [-0.4, -0.2) is 81.5 Å². The Morgan fingerprint density at radius 3 is 2.64 bits per heavy atom. The first-order chi connectivity index (χ1) is 21.9. The lowest BCUT2D eigenvalue weighted by Gasteiger charge is -2.35. The van der Waals surface area contributed by atoms with Crippen molar-refractivity contribution in [2.75, 3.05) is 37.7 Å². The minimum atomic E-state index is -0.873. The molecule has 6 heterocycles. The number of ether oxygens (including phenoxy) is 1. The molecule has 236 valence electrons. The Morgan fingerprint density at radius 1 is 1.04 bits per heavy atom. The molecule has 0 saturated carbocycles. The third-order valence-corrected chi connectivity index (χ3v) is 10.6. The highest BCUT2D eigenvalue weighted by Gasteiger charge is 2.49. The number of benzene rings is 2. The van der Waals surface area contributed by atoms with Crippen LogP contribution in [0.5, 0.6) is 11.8 Å². The zero-order valence-electron chi connectivity index (χ0n) is 26.0. The van der Waals surface area contributed by atoms with Gasteiger partial charge in [0.05, 0.1) is 16.6 Å². The van der Waals surface area contributed by atoms with Crippen molar-refractivity contribution in [2.45, 2.75) is 82.6 Å². The molecule has 4 aromatic rings. The lowest BCUT2D eigenvalue weighted by molar-refractivity contribution is 0.107. The number of piperazine rings is 1. The Kier molecular flexibility index (Phi) is 7.05. The van der Waals surface area contributed by atoms with Crippen molar-refractivity contribution < 1.29 is 18.6 Å². The van der Waals surface area contributed by atoms with Gasteiger partial charge < -0.3 is 20.1 Å². The molecule has 2 bridgehead atoms. The summed E-state index contributed by atoms with van der Waals surface area (Å²) in [5.74, 6) is 0.141. The van der Waals surface area contributed by atoms with Crippen LogP contribution in [0.25, 0.3) is 32.9 Å². The number of aryl methyl sites for hydroxylation is 2. The number of halogens is 2. The van der Waals surface area contributed by atoms with Crippen molar-refractivity contribution in [1.82, 2.24) is 25.2 Å². The zero-order chi connectivity index (χ0) is 30.9. The van der Waals surface area contributed by atoms with Crippen molar-refractivity contribution in [1.29, 1.82) is 0 Å². The molecule has 0 spiro atoms. The van der Waals surface area contributed by atoms with Gasteiger partial charge in [-0.05, 0) is 73.5 Å². The molecule has 2 N–H and O–H groups in total. The van der Waals surface area contributed by atoms with E-state index in [1.165, 1.54) is 0 Å². The number of fused-ring (bicyclic) bond motifs is 5. The van der Waals surface area contributed by atoms with E-state index in [-0.39, 0.29) is 35.1 Å². The standard InChI is InChI=1S/C35H40F2N6O2/c1-3-20-7-5-8-21-13-25(44)14-26(28(20)21)31-30(37)32-29(27(4-2)39-31)33(42-17-23-9-10-24(18-42)38-23)41-34(40-32)45-19-35-11-6-12-43(35)16-22(36)15-35/h5,7-8,13-14,22-24,38,44H,3-4,6,9-12,15-19H2,1-2H3/t22-,23?,24?,35+/m1/s1. The van der Waals surface area contributed by atoms with Crippen LogP contribution in [0.15, 0.2) is 30.3 Å².